The van der Waals surface area contributed by atoms with E-state index in [2.05, 4.69) is 20.6 Å². The van der Waals surface area contributed by atoms with Gasteiger partial charge in [0, 0.05) is 6.07 Å². The molecule has 0 bridgehead atoms. The Bertz CT molecular complexity index is 1090. The van der Waals surface area contributed by atoms with Crippen LogP contribution in [0.3, 0.4) is 0 Å². The fourth-order valence-electron chi connectivity index (χ4n) is 3.07. The van der Waals surface area contributed by atoms with E-state index in [1.807, 2.05) is 38.1 Å². The summed E-state index contributed by atoms with van der Waals surface area (Å²) in [5.74, 6) is -1.49. The summed E-state index contributed by atoms with van der Waals surface area (Å²) in [6.07, 6.45) is 3.58. The first kappa shape index (κ1) is 23.8. The molecule has 2 amide bonds. The van der Waals surface area contributed by atoms with Gasteiger partial charge in [0.1, 0.15) is 23.4 Å². The molecule has 1 heterocycles. The molecular formula is C24H24F2N4O3. The van der Waals surface area contributed by atoms with Crippen LogP contribution in [0.1, 0.15) is 30.9 Å². The quantitative estimate of drug-likeness (QED) is 0.502. The van der Waals surface area contributed by atoms with Gasteiger partial charge < -0.3 is 10.1 Å². The van der Waals surface area contributed by atoms with E-state index in [0.29, 0.717) is 24.3 Å². The van der Waals surface area contributed by atoms with Crippen LogP contribution in [0.2, 0.25) is 0 Å². The highest BCUT2D eigenvalue weighted by atomic mass is 19.1. The second-order valence-corrected chi connectivity index (χ2v) is 7.51. The molecule has 7 nitrogen and oxygen atoms in total. The number of benzene rings is 2. The Labute approximate surface area is 190 Å². The number of ether oxygens (including phenoxy) is 1. The van der Waals surface area contributed by atoms with Crippen molar-refractivity contribution in [3.05, 3.63) is 77.6 Å². The maximum Gasteiger partial charge on any atom is 0.249 e. The molecule has 3 rings (SSSR count). The van der Waals surface area contributed by atoms with Crippen molar-refractivity contribution in [3.8, 4) is 11.5 Å². The first-order valence-electron chi connectivity index (χ1n) is 10.4. The Hall–Kier alpha value is -3.88. The molecule has 0 saturated carbocycles. The maximum atomic E-state index is 13.3. The molecule has 172 valence electrons. The zero-order chi connectivity index (χ0) is 23.8. The topological polar surface area (TPSA) is 93.2 Å². The average molecular weight is 454 g/mol. The Balaban J connectivity index is 1.58. The molecule has 0 radical (unpaired) electrons. The molecule has 0 aliphatic heterocycles. The van der Waals surface area contributed by atoms with Crippen molar-refractivity contribution in [2.45, 2.75) is 39.2 Å². The van der Waals surface area contributed by atoms with Gasteiger partial charge >= 0.3 is 0 Å². The Morgan fingerprint density at radius 2 is 1.64 bits per heavy atom. The van der Waals surface area contributed by atoms with Crippen LogP contribution < -0.4 is 15.4 Å². The van der Waals surface area contributed by atoms with Crippen LogP contribution in [0.5, 0.6) is 11.5 Å². The Morgan fingerprint density at radius 1 is 1.00 bits per heavy atom. The van der Waals surface area contributed by atoms with E-state index in [9.17, 15) is 18.4 Å². The number of amides is 2. The lowest BCUT2D eigenvalue weighted by Crippen LogP contribution is -2.44. The van der Waals surface area contributed by atoms with Gasteiger partial charge in [0.15, 0.2) is 5.75 Å². The van der Waals surface area contributed by atoms with Crippen LogP contribution in [0, 0.1) is 18.6 Å². The summed E-state index contributed by atoms with van der Waals surface area (Å²) in [5, 5.41) is 5.16. The number of rotatable bonds is 9. The lowest BCUT2D eigenvalue weighted by atomic mass is 10.1. The van der Waals surface area contributed by atoms with Crippen LogP contribution in [-0.4, -0.2) is 27.8 Å². The van der Waals surface area contributed by atoms with Crippen molar-refractivity contribution in [2.24, 2.45) is 0 Å². The van der Waals surface area contributed by atoms with Crippen LogP contribution in [0.15, 0.2) is 54.9 Å². The highest BCUT2D eigenvalue weighted by Gasteiger charge is 2.21. The third-order valence-corrected chi connectivity index (χ3v) is 4.64. The van der Waals surface area contributed by atoms with Gasteiger partial charge in [-0.25, -0.2) is 18.7 Å². The molecule has 9 heteroatoms. The van der Waals surface area contributed by atoms with Crippen molar-refractivity contribution in [1.29, 1.82) is 0 Å². The van der Waals surface area contributed by atoms with Crippen LogP contribution >= 0.6 is 0 Å². The van der Waals surface area contributed by atoms with E-state index in [-0.39, 0.29) is 17.9 Å². The van der Waals surface area contributed by atoms with Gasteiger partial charge in [0.05, 0.1) is 18.8 Å². The molecule has 1 atom stereocenters. The van der Waals surface area contributed by atoms with Gasteiger partial charge in [-0.05, 0) is 43.2 Å². The number of aryl methyl sites for hydroxylation is 1. The van der Waals surface area contributed by atoms with Crippen molar-refractivity contribution in [1.82, 2.24) is 15.3 Å². The largest absolute Gasteiger partial charge is 0.454 e. The number of aromatic nitrogens is 2. The number of hydrogen-bond acceptors (Lipinski definition) is 5. The van der Waals surface area contributed by atoms with Gasteiger partial charge in [-0.3, -0.25) is 14.9 Å². The minimum absolute atomic E-state index is 0.0545. The summed E-state index contributed by atoms with van der Waals surface area (Å²) in [7, 11) is 0. The van der Waals surface area contributed by atoms with Crippen LogP contribution in [0.4, 0.5) is 14.7 Å². The van der Waals surface area contributed by atoms with Crippen molar-refractivity contribution >= 4 is 17.8 Å². The number of nitrogens with one attached hydrogen (secondary N) is 2. The number of halogens is 2. The highest BCUT2D eigenvalue weighted by molar-refractivity contribution is 5.96. The first-order chi connectivity index (χ1) is 15.8. The minimum atomic E-state index is -0.854. The van der Waals surface area contributed by atoms with E-state index in [0.717, 1.165) is 23.8 Å². The zero-order valence-electron chi connectivity index (χ0n) is 18.3. The predicted octanol–water partition coefficient (Wildman–Crippen LogP) is 4.32. The molecule has 3 aromatic rings. The monoisotopic (exact) mass is 454 g/mol. The number of hydrogen-bond donors (Lipinski definition) is 2. The third-order valence-electron chi connectivity index (χ3n) is 4.64. The number of anilines is 1. The van der Waals surface area contributed by atoms with E-state index >= 15 is 0 Å². The molecule has 0 spiro atoms. The standard InChI is InChI=1S/C24H24F2N4O3/c1-3-4-21(29-22(31)11-16-9-17(25)12-18(26)10-16)23(32)30-24-27-13-20(14-28-24)33-19-7-5-15(2)6-8-19/h5-10,12-14,21H,3-4,11H2,1-2H3,(H,29,31)(H,27,28,30,32). The van der Waals surface area contributed by atoms with Gasteiger partial charge in [-0.15, -0.1) is 0 Å². The molecule has 1 aromatic heterocycles. The highest BCUT2D eigenvalue weighted by Crippen LogP contribution is 2.20. The van der Waals surface area contributed by atoms with Gasteiger partial charge in [-0.2, -0.15) is 0 Å². The zero-order valence-corrected chi connectivity index (χ0v) is 18.3. The van der Waals surface area contributed by atoms with E-state index in [4.69, 9.17) is 4.74 Å². The first-order valence-corrected chi connectivity index (χ1v) is 10.4. The number of carbonyl (C=O) groups is 2. The van der Waals surface area contributed by atoms with E-state index < -0.39 is 29.5 Å². The number of carbonyl (C=O) groups excluding carboxylic acids is 2. The summed E-state index contributed by atoms with van der Waals surface area (Å²) in [4.78, 5) is 33.1. The molecule has 2 N–H and O–H groups in total. The fourth-order valence-corrected chi connectivity index (χ4v) is 3.07. The molecule has 0 saturated heterocycles. The normalized spacial score (nSPS) is 11.5. The Kier molecular flexibility index (Phi) is 8.01. The van der Waals surface area contributed by atoms with Gasteiger partial charge in [0.2, 0.25) is 17.8 Å². The van der Waals surface area contributed by atoms with E-state index in [1.54, 1.807) is 0 Å². The van der Waals surface area contributed by atoms with Gasteiger partial charge in [-0.1, -0.05) is 31.0 Å². The fraction of sp³-hybridized carbons (Fsp3) is 0.250. The molecule has 0 fully saturated rings. The predicted molar refractivity (Wildman–Crippen MR) is 119 cm³/mol. The molecular weight excluding hydrogens is 430 g/mol. The second-order valence-electron chi connectivity index (χ2n) is 7.51. The van der Waals surface area contributed by atoms with Crippen molar-refractivity contribution in [2.75, 3.05) is 5.32 Å². The Morgan fingerprint density at radius 3 is 2.24 bits per heavy atom. The molecule has 0 aliphatic carbocycles. The summed E-state index contributed by atoms with van der Waals surface area (Å²) < 4.78 is 32.3. The lowest BCUT2D eigenvalue weighted by molar-refractivity contribution is -0.126. The second kappa shape index (κ2) is 11.1. The van der Waals surface area contributed by atoms with Crippen LogP contribution in [0.25, 0.3) is 0 Å². The summed E-state index contributed by atoms with van der Waals surface area (Å²) in [6.45, 7) is 3.84. The third kappa shape index (κ3) is 7.34. The summed E-state index contributed by atoms with van der Waals surface area (Å²) >= 11 is 0. The lowest BCUT2D eigenvalue weighted by Gasteiger charge is -2.17. The molecule has 2 aromatic carbocycles. The summed E-state index contributed by atoms with van der Waals surface area (Å²) in [6, 6.07) is 9.49. The van der Waals surface area contributed by atoms with Crippen LogP contribution in [-0.2, 0) is 16.0 Å². The molecule has 1 unspecified atom stereocenters. The average Bonchev–Trinajstić information content (AvgIpc) is 2.75. The SMILES string of the molecule is CCCC(NC(=O)Cc1cc(F)cc(F)c1)C(=O)Nc1ncc(Oc2ccc(C)cc2)cn1. The van der Waals surface area contributed by atoms with Crippen molar-refractivity contribution < 1.29 is 23.1 Å². The van der Waals surface area contributed by atoms with Gasteiger partial charge in [0.25, 0.3) is 0 Å². The minimum Gasteiger partial charge on any atom is -0.454 e. The smallest absolute Gasteiger partial charge is 0.249 e. The molecule has 33 heavy (non-hydrogen) atoms. The van der Waals surface area contributed by atoms with E-state index in [1.165, 1.54) is 12.4 Å². The number of nitrogens with zero attached hydrogens (tertiary/aromatic N) is 2. The molecule has 0 aliphatic rings. The summed E-state index contributed by atoms with van der Waals surface area (Å²) in [5.41, 5.74) is 1.28. The van der Waals surface area contributed by atoms with Crippen molar-refractivity contribution in [3.63, 3.8) is 0 Å². The maximum absolute atomic E-state index is 13.3.